The molecular weight excluding hydrogens is 258 g/mol. The number of rotatable bonds is 5. The predicted molar refractivity (Wildman–Crippen MR) is 78.5 cm³/mol. The second kappa shape index (κ2) is 6.66. The Balaban J connectivity index is 1.83. The van der Waals surface area contributed by atoms with E-state index in [0.717, 1.165) is 41.4 Å². The molecular formula is C14H25N3OS. The Hall–Kier alpha value is -0.680. The molecule has 19 heavy (non-hydrogen) atoms. The van der Waals surface area contributed by atoms with Crippen LogP contribution in [0.5, 0.6) is 5.19 Å². The Bertz CT molecular complexity index is 394. The molecule has 1 aliphatic rings. The Labute approximate surface area is 120 Å². The van der Waals surface area contributed by atoms with Gasteiger partial charge in [0.15, 0.2) is 0 Å². The molecule has 1 fully saturated rings. The highest BCUT2D eigenvalue weighted by Gasteiger charge is 2.26. The van der Waals surface area contributed by atoms with Gasteiger partial charge in [0.05, 0.1) is 6.54 Å². The first-order chi connectivity index (χ1) is 9.04. The van der Waals surface area contributed by atoms with Gasteiger partial charge in [0.1, 0.15) is 11.1 Å². The van der Waals surface area contributed by atoms with Crippen molar-refractivity contribution in [3.05, 3.63) is 5.01 Å². The molecule has 0 amide bonds. The van der Waals surface area contributed by atoms with Gasteiger partial charge in [-0.25, -0.2) is 0 Å². The maximum atomic E-state index is 5.98. The minimum atomic E-state index is 0.324. The Morgan fingerprint density at radius 2 is 2.05 bits per heavy atom. The zero-order chi connectivity index (χ0) is 13.8. The van der Waals surface area contributed by atoms with Gasteiger partial charge in [0, 0.05) is 6.04 Å². The van der Waals surface area contributed by atoms with Crippen molar-refractivity contribution >= 4 is 11.3 Å². The van der Waals surface area contributed by atoms with Crippen LogP contribution in [0.25, 0.3) is 0 Å². The molecule has 1 N–H and O–H groups in total. The molecule has 0 radical (unpaired) electrons. The first-order valence-electron chi connectivity index (χ1n) is 7.27. The van der Waals surface area contributed by atoms with Crippen LogP contribution in [-0.4, -0.2) is 22.3 Å². The van der Waals surface area contributed by atoms with Crippen LogP contribution in [0.3, 0.4) is 0 Å². The second-order valence-corrected chi connectivity index (χ2v) is 7.03. The van der Waals surface area contributed by atoms with E-state index in [2.05, 4.69) is 43.2 Å². The van der Waals surface area contributed by atoms with Gasteiger partial charge in [-0.1, -0.05) is 44.1 Å². The van der Waals surface area contributed by atoms with Crippen LogP contribution >= 0.6 is 11.3 Å². The quantitative estimate of drug-likeness (QED) is 0.901. The molecule has 2 rings (SSSR count). The van der Waals surface area contributed by atoms with Gasteiger partial charge in [0.25, 0.3) is 5.19 Å². The maximum Gasteiger partial charge on any atom is 0.294 e. The van der Waals surface area contributed by atoms with Crippen LogP contribution in [-0.2, 0) is 6.54 Å². The summed E-state index contributed by atoms with van der Waals surface area (Å²) in [5.41, 5.74) is 0. The van der Waals surface area contributed by atoms with Crippen molar-refractivity contribution in [2.24, 2.45) is 11.8 Å². The van der Waals surface area contributed by atoms with Gasteiger partial charge in [-0.15, -0.1) is 5.10 Å². The molecule has 0 aliphatic heterocycles. The van der Waals surface area contributed by atoms with Gasteiger partial charge in [-0.2, -0.15) is 0 Å². The van der Waals surface area contributed by atoms with E-state index in [0.29, 0.717) is 12.1 Å². The number of hydrogen-bond acceptors (Lipinski definition) is 5. The van der Waals surface area contributed by atoms with Crippen molar-refractivity contribution in [2.45, 2.75) is 65.6 Å². The highest BCUT2D eigenvalue weighted by molar-refractivity contribution is 7.13. The molecule has 0 aromatic carbocycles. The summed E-state index contributed by atoms with van der Waals surface area (Å²) >= 11 is 1.56. The molecule has 0 spiro atoms. The molecule has 1 aromatic heterocycles. The van der Waals surface area contributed by atoms with Crippen LogP contribution < -0.4 is 10.1 Å². The summed E-state index contributed by atoms with van der Waals surface area (Å²) in [6.07, 6.45) is 3.86. The molecule has 1 aliphatic carbocycles. The minimum absolute atomic E-state index is 0.324. The largest absolute Gasteiger partial charge is 0.466 e. The molecule has 4 nitrogen and oxygen atoms in total. The van der Waals surface area contributed by atoms with Gasteiger partial charge < -0.3 is 10.1 Å². The highest BCUT2D eigenvalue weighted by atomic mass is 32.1. The lowest BCUT2D eigenvalue weighted by Crippen LogP contribution is -2.28. The molecule has 1 saturated carbocycles. The highest BCUT2D eigenvalue weighted by Crippen LogP contribution is 2.32. The van der Waals surface area contributed by atoms with E-state index in [1.54, 1.807) is 11.3 Å². The number of nitrogens with zero attached hydrogens (tertiary/aromatic N) is 2. The lowest BCUT2D eigenvalue weighted by atomic mass is 9.80. The van der Waals surface area contributed by atoms with Crippen molar-refractivity contribution in [3.8, 4) is 5.19 Å². The molecule has 3 atom stereocenters. The van der Waals surface area contributed by atoms with E-state index in [4.69, 9.17) is 4.74 Å². The normalized spacial score (nSPS) is 27.7. The van der Waals surface area contributed by atoms with E-state index in [1.165, 1.54) is 6.42 Å². The third-order valence-corrected chi connectivity index (χ3v) is 4.74. The molecule has 108 valence electrons. The third-order valence-electron chi connectivity index (χ3n) is 3.93. The van der Waals surface area contributed by atoms with Crippen molar-refractivity contribution in [2.75, 3.05) is 0 Å². The molecule has 5 heteroatoms. The lowest BCUT2D eigenvalue weighted by molar-refractivity contribution is 0.0996. The van der Waals surface area contributed by atoms with Gasteiger partial charge in [0.2, 0.25) is 0 Å². The topological polar surface area (TPSA) is 47.0 Å². The predicted octanol–water partition coefficient (Wildman–Crippen LogP) is 3.24. The van der Waals surface area contributed by atoms with E-state index >= 15 is 0 Å². The number of aromatic nitrogens is 2. The molecule has 1 heterocycles. The maximum absolute atomic E-state index is 5.98. The van der Waals surface area contributed by atoms with E-state index < -0.39 is 0 Å². The van der Waals surface area contributed by atoms with E-state index in [1.807, 2.05) is 0 Å². The molecule has 0 saturated heterocycles. The summed E-state index contributed by atoms with van der Waals surface area (Å²) in [6.45, 7) is 9.68. The number of ether oxygens (including phenoxy) is 1. The van der Waals surface area contributed by atoms with Gasteiger partial charge in [-0.3, -0.25) is 0 Å². The Kier molecular flexibility index (Phi) is 5.16. The summed E-state index contributed by atoms with van der Waals surface area (Å²) in [7, 11) is 0. The SMILES string of the molecule is CC(C)NCc1nnc(OC2CCC(C)C(C)C2)s1. The lowest BCUT2D eigenvalue weighted by Gasteiger charge is -2.31. The van der Waals surface area contributed by atoms with Gasteiger partial charge >= 0.3 is 0 Å². The van der Waals surface area contributed by atoms with Crippen LogP contribution in [0.1, 0.15) is 52.0 Å². The standard InChI is InChI=1S/C14H25N3OS/c1-9(2)15-8-13-16-17-14(19-13)18-12-6-5-10(3)11(4)7-12/h9-12,15H,5-8H2,1-4H3. The molecule has 3 unspecified atom stereocenters. The zero-order valence-electron chi connectivity index (χ0n) is 12.3. The van der Waals surface area contributed by atoms with Crippen LogP contribution in [0.2, 0.25) is 0 Å². The van der Waals surface area contributed by atoms with E-state index in [9.17, 15) is 0 Å². The van der Waals surface area contributed by atoms with Crippen LogP contribution in [0.15, 0.2) is 0 Å². The fraction of sp³-hybridized carbons (Fsp3) is 0.857. The van der Waals surface area contributed by atoms with Crippen molar-refractivity contribution in [1.29, 1.82) is 0 Å². The van der Waals surface area contributed by atoms with Gasteiger partial charge in [-0.05, 0) is 31.1 Å². The number of nitrogens with one attached hydrogen (secondary N) is 1. The molecule has 0 bridgehead atoms. The smallest absolute Gasteiger partial charge is 0.294 e. The Morgan fingerprint density at radius 3 is 2.74 bits per heavy atom. The van der Waals surface area contributed by atoms with Crippen molar-refractivity contribution < 1.29 is 4.74 Å². The minimum Gasteiger partial charge on any atom is -0.466 e. The van der Waals surface area contributed by atoms with Crippen molar-refractivity contribution in [1.82, 2.24) is 15.5 Å². The zero-order valence-corrected chi connectivity index (χ0v) is 13.2. The third kappa shape index (κ3) is 4.42. The summed E-state index contributed by atoms with van der Waals surface area (Å²) in [5, 5.41) is 13.4. The average Bonchev–Trinajstić information content (AvgIpc) is 2.79. The second-order valence-electron chi connectivity index (χ2n) is 6.00. The average molecular weight is 283 g/mol. The van der Waals surface area contributed by atoms with Crippen LogP contribution in [0.4, 0.5) is 0 Å². The summed E-state index contributed by atoms with van der Waals surface area (Å²) in [4.78, 5) is 0. The fourth-order valence-corrected chi connectivity index (χ4v) is 3.10. The van der Waals surface area contributed by atoms with E-state index in [-0.39, 0.29) is 0 Å². The summed E-state index contributed by atoms with van der Waals surface area (Å²) < 4.78 is 5.98. The van der Waals surface area contributed by atoms with Crippen molar-refractivity contribution in [3.63, 3.8) is 0 Å². The fourth-order valence-electron chi connectivity index (χ4n) is 2.40. The summed E-state index contributed by atoms with van der Waals surface area (Å²) in [6, 6.07) is 0.467. The van der Waals surface area contributed by atoms with Crippen LogP contribution in [0, 0.1) is 11.8 Å². The Morgan fingerprint density at radius 1 is 1.26 bits per heavy atom. The summed E-state index contributed by atoms with van der Waals surface area (Å²) in [5.74, 6) is 1.56. The first-order valence-corrected chi connectivity index (χ1v) is 8.08. The monoisotopic (exact) mass is 283 g/mol. The first kappa shape index (κ1) is 14.7. The molecule has 1 aromatic rings. The number of hydrogen-bond donors (Lipinski definition) is 1.